The summed E-state index contributed by atoms with van der Waals surface area (Å²) in [5.41, 5.74) is 1.00. The highest BCUT2D eigenvalue weighted by atomic mass is 32.1. The molecule has 1 saturated carbocycles. The minimum absolute atomic E-state index is 0.937. The van der Waals surface area contributed by atoms with Crippen molar-refractivity contribution in [3.05, 3.63) is 22.9 Å². The fraction of sp³-hybridized carbons (Fsp3) is 0.636. The van der Waals surface area contributed by atoms with Crippen LogP contribution in [-0.2, 0) is 0 Å². The lowest BCUT2D eigenvalue weighted by Gasteiger charge is -2.41. The Morgan fingerprint density at radius 1 is 1.00 bits per heavy atom. The second-order valence-corrected chi connectivity index (χ2v) is 14.3. The van der Waals surface area contributed by atoms with Crippen LogP contribution in [0.4, 0.5) is 0 Å². The summed E-state index contributed by atoms with van der Waals surface area (Å²) in [4.78, 5) is 3.35. The van der Waals surface area contributed by atoms with Crippen LogP contribution in [0.1, 0.15) is 71.6 Å². The summed E-state index contributed by atoms with van der Waals surface area (Å²) < 4.78 is 0. The van der Waals surface area contributed by atoms with Crippen molar-refractivity contribution in [2.24, 2.45) is 5.92 Å². The topological polar surface area (TPSA) is 0 Å². The first kappa shape index (κ1) is 18.0. The lowest BCUT2D eigenvalue weighted by atomic mass is 10.00. The van der Waals surface area contributed by atoms with Crippen molar-refractivity contribution in [1.29, 1.82) is 0 Å². The Labute approximate surface area is 162 Å². The summed E-state index contributed by atoms with van der Waals surface area (Å²) in [5.74, 6) is 0.937. The molecule has 0 bridgehead atoms. The van der Waals surface area contributed by atoms with Gasteiger partial charge in [0.2, 0.25) is 0 Å². The molecule has 1 aliphatic heterocycles. The van der Waals surface area contributed by atoms with Gasteiger partial charge in [0, 0.05) is 9.75 Å². The molecule has 1 aliphatic carbocycles. The van der Waals surface area contributed by atoms with E-state index < -0.39 is 8.07 Å². The van der Waals surface area contributed by atoms with E-state index in [0.29, 0.717) is 0 Å². The maximum Gasteiger partial charge on any atom is 0.125 e. The molecule has 3 heteroatoms. The highest BCUT2D eigenvalue weighted by molar-refractivity contribution is 7.28. The zero-order valence-electron chi connectivity index (χ0n) is 15.9. The second-order valence-electron chi connectivity index (χ2n) is 8.25. The summed E-state index contributed by atoms with van der Waals surface area (Å²) in [6.07, 6.45) is 13.0. The van der Waals surface area contributed by atoms with E-state index in [2.05, 4.69) is 36.7 Å². The zero-order valence-corrected chi connectivity index (χ0v) is 18.5. The molecule has 25 heavy (non-hydrogen) atoms. The molecular weight excluding hydrogens is 356 g/mol. The molecule has 1 fully saturated rings. The Hall–Kier alpha value is -0.383. The van der Waals surface area contributed by atoms with Gasteiger partial charge in [-0.05, 0) is 38.6 Å². The number of fused-ring (bicyclic) bond motifs is 3. The summed E-state index contributed by atoms with van der Waals surface area (Å²) in [6, 6.07) is 6.64. The standard InChI is InChI=1S/C22H32S2Si/c1-3-5-9-17(4-2)16-25(18-10-7-6-8-11-18)19-12-14-23-21(19)22-20(25)13-15-24-22/h12-15,17-18H,3-11,16H2,1-2H3. The Bertz CT molecular complexity index is 652. The summed E-state index contributed by atoms with van der Waals surface area (Å²) in [6.45, 7) is 4.80. The first-order valence-electron chi connectivity index (χ1n) is 10.5. The van der Waals surface area contributed by atoms with Crippen molar-refractivity contribution in [1.82, 2.24) is 0 Å². The van der Waals surface area contributed by atoms with Gasteiger partial charge < -0.3 is 0 Å². The monoisotopic (exact) mass is 388 g/mol. The minimum Gasteiger partial charge on any atom is -0.143 e. The first-order valence-corrected chi connectivity index (χ1v) is 14.5. The van der Waals surface area contributed by atoms with Crippen LogP contribution in [-0.4, -0.2) is 8.07 Å². The maximum absolute atomic E-state index is 2.56. The van der Waals surface area contributed by atoms with Gasteiger partial charge in [-0.25, -0.2) is 0 Å². The van der Waals surface area contributed by atoms with Crippen molar-refractivity contribution < 1.29 is 0 Å². The SMILES string of the molecule is CCCCC(CC)C[Si]1(C2CCCCC2)c2ccsc2-c2sccc21. The molecule has 0 aromatic carbocycles. The van der Waals surface area contributed by atoms with E-state index in [0.717, 1.165) is 11.5 Å². The normalized spacial score (nSPS) is 20.4. The Kier molecular flexibility index (Phi) is 5.54. The van der Waals surface area contributed by atoms with Gasteiger partial charge in [-0.2, -0.15) is 0 Å². The van der Waals surface area contributed by atoms with Crippen LogP contribution in [0.15, 0.2) is 22.9 Å². The van der Waals surface area contributed by atoms with Gasteiger partial charge >= 0.3 is 0 Å². The molecule has 0 N–H and O–H groups in total. The second kappa shape index (κ2) is 7.70. The molecular formula is C22H32S2Si. The Morgan fingerprint density at radius 3 is 2.20 bits per heavy atom. The number of hydrogen-bond acceptors (Lipinski definition) is 2. The van der Waals surface area contributed by atoms with Gasteiger partial charge in [-0.1, -0.05) is 83.8 Å². The van der Waals surface area contributed by atoms with E-state index in [1.165, 1.54) is 63.8 Å². The minimum atomic E-state index is -1.58. The molecule has 0 spiro atoms. The Balaban J connectivity index is 1.78. The van der Waals surface area contributed by atoms with Crippen molar-refractivity contribution in [3.8, 4) is 9.75 Å². The van der Waals surface area contributed by atoms with Gasteiger partial charge in [-0.3, -0.25) is 0 Å². The maximum atomic E-state index is 2.56. The predicted molar refractivity (Wildman–Crippen MR) is 118 cm³/mol. The molecule has 0 radical (unpaired) electrons. The van der Waals surface area contributed by atoms with Crippen LogP contribution in [0.25, 0.3) is 9.75 Å². The number of hydrogen-bond donors (Lipinski definition) is 0. The van der Waals surface area contributed by atoms with E-state index in [1.807, 2.05) is 33.0 Å². The number of unbranched alkanes of at least 4 members (excludes halogenated alkanes) is 1. The molecule has 2 aliphatic rings. The van der Waals surface area contributed by atoms with Gasteiger partial charge in [0.1, 0.15) is 8.07 Å². The van der Waals surface area contributed by atoms with Gasteiger partial charge in [0.15, 0.2) is 0 Å². The highest BCUT2D eigenvalue weighted by Crippen LogP contribution is 2.48. The largest absolute Gasteiger partial charge is 0.143 e. The third-order valence-corrected chi connectivity index (χ3v) is 15.3. The summed E-state index contributed by atoms with van der Waals surface area (Å²) >= 11 is 4.05. The molecule has 0 amide bonds. The van der Waals surface area contributed by atoms with Crippen LogP contribution >= 0.6 is 22.7 Å². The van der Waals surface area contributed by atoms with Crippen LogP contribution < -0.4 is 10.4 Å². The molecule has 3 heterocycles. The van der Waals surface area contributed by atoms with E-state index >= 15 is 0 Å². The summed E-state index contributed by atoms with van der Waals surface area (Å²) in [5, 5.41) is 8.48. The molecule has 2 aromatic heterocycles. The van der Waals surface area contributed by atoms with E-state index in [-0.39, 0.29) is 0 Å². The van der Waals surface area contributed by atoms with Crippen molar-refractivity contribution in [2.75, 3.05) is 0 Å². The third-order valence-electron chi connectivity index (χ3n) is 6.95. The van der Waals surface area contributed by atoms with Crippen molar-refractivity contribution in [3.63, 3.8) is 0 Å². The molecule has 1 atom stereocenters. The summed E-state index contributed by atoms with van der Waals surface area (Å²) in [7, 11) is -1.58. The molecule has 0 nitrogen and oxygen atoms in total. The van der Waals surface area contributed by atoms with Gasteiger partial charge in [-0.15, -0.1) is 22.7 Å². The highest BCUT2D eigenvalue weighted by Gasteiger charge is 2.52. The van der Waals surface area contributed by atoms with E-state index in [1.54, 1.807) is 9.75 Å². The third kappa shape index (κ3) is 3.00. The van der Waals surface area contributed by atoms with Crippen LogP contribution in [0, 0.1) is 5.92 Å². The van der Waals surface area contributed by atoms with Crippen molar-refractivity contribution in [2.45, 2.75) is 83.2 Å². The van der Waals surface area contributed by atoms with Crippen molar-refractivity contribution >= 4 is 41.1 Å². The Morgan fingerprint density at radius 2 is 1.64 bits per heavy atom. The van der Waals surface area contributed by atoms with Gasteiger partial charge in [0.25, 0.3) is 0 Å². The molecule has 4 rings (SSSR count). The lowest BCUT2D eigenvalue weighted by Crippen LogP contribution is -2.59. The molecule has 0 saturated heterocycles. The average Bonchev–Trinajstić information content (AvgIpc) is 3.35. The molecule has 1 unspecified atom stereocenters. The fourth-order valence-corrected chi connectivity index (χ4v) is 15.9. The average molecular weight is 389 g/mol. The molecule has 2 aromatic rings. The van der Waals surface area contributed by atoms with Crippen LogP contribution in [0.3, 0.4) is 0 Å². The zero-order chi connectivity index (χ0) is 17.3. The van der Waals surface area contributed by atoms with Gasteiger partial charge in [0.05, 0.1) is 0 Å². The fourth-order valence-electron chi connectivity index (χ4n) is 5.64. The van der Waals surface area contributed by atoms with E-state index in [4.69, 9.17) is 0 Å². The predicted octanol–water partition coefficient (Wildman–Crippen LogP) is 6.90. The quantitative estimate of drug-likeness (QED) is 0.452. The van der Waals surface area contributed by atoms with E-state index in [9.17, 15) is 0 Å². The number of thiophene rings is 2. The smallest absolute Gasteiger partial charge is 0.125 e. The van der Waals surface area contributed by atoms with Crippen LogP contribution in [0.2, 0.25) is 11.6 Å². The van der Waals surface area contributed by atoms with Crippen LogP contribution in [0.5, 0.6) is 0 Å². The number of rotatable bonds is 7. The molecule has 136 valence electrons. The first-order chi connectivity index (χ1) is 12.3. The lowest BCUT2D eigenvalue weighted by molar-refractivity contribution is 0.465.